The first-order valence-corrected chi connectivity index (χ1v) is 11.5. The lowest BCUT2D eigenvalue weighted by Crippen LogP contribution is -2.27. The third-order valence-corrected chi connectivity index (χ3v) is 6.01. The highest BCUT2D eigenvalue weighted by Gasteiger charge is 2.15. The summed E-state index contributed by atoms with van der Waals surface area (Å²) in [5.74, 6) is 1.72. The van der Waals surface area contributed by atoms with E-state index < -0.39 is 0 Å². The van der Waals surface area contributed by atoms with Crippen molar-refractivity contribution in [1.82, 2.24) is 19.9 Å². The first-order valence-electron chi connectivity index (χ1n) is 10.5. The van der Waals surface area contributed by atoms with Crippen LogP contribution < -0.4 is 20.3 Å². The van der Waals surface area contributed by atoms with Crippen LogP contribution in [-0.4, -0.2) is 40.4 Å². The van der Waals surface area contributed by atoms with E-state index in [1.807, 2.05) is 25.1 Å². The molecule has 3 aromatic rings. The Morgan fingerprint density at radius 2 is 1.97 bits per heavy atom. The van der Waals surface area contributed by atoms with Crippen molar-refractivity contribution in [2.24, 2.45) is 5.92 Å². The van der Waals surface area contributed by atoms with Gasteiger partial charge in [0.25, 0.3) is 5.56 Å². The van der Waals surface area contributed by atoms with Crippen molar-refractivity contribution in [2.45, 2.75) is 45.4 Å². The second kappa shape index (κ2) is 10.6. The number of H-pyrrole nitrogens is 1. The molecule has 2 N–H and O–H groups in total. The van der Waals surface area contributed by atoms with Crippen LogP contribution in [0.15, 0.2) is 34.2 Å². The van der Waals surface area contributed by atoms with Gasteiger partial charge in [-0.3, -0.25) is 14.2 Å². The van der Waals surface area contributed by atoms with Crippen molar-refractivity contribution >= 4 is 28.7 Å². The molecule has 0 fully saturated rings. The molecule has 0 atom stereocenters. The maximum Gasteiger partial charge on any atom is 0.278 e. The van der Waals surface area contributed by atoms with Gasteiger partial charge in [0.2, 0.25) is 5.91 Å². The van der Waals surface area contributed by atoms with E-state index in [-0.39, 0.29) is 17.2 Å². The molecule has 8 nitrogen and oxygen atoms in total. The number of ether oxygens (including phenoxy) is 2. The van der Waals surface area contributed by atoms with Gasteiger partial charge >= 0.3 is 0 Å². The van der Waals surface area contributed by atoms with Crippen LogP contribution in [-0.2, 0) is 17.9 Å². The van der Waals surface area contributed by atoms with Crippen molar-refractivity contribution in [1.29, 1.82) is 0 Å². The Kier molecular flexibility index (Phi) is 7.84. The molecular formula is C23H30N4O4S. The fraction of sp³-hybridized carbons (Fsp3) is 0.435. The van der Waals surface area contributed by atoms with Crippen molar-refractivity contribution in [3.05, 3.63) is 45.9 Å². The molecule has 0 saturated carbocycles. The molecule has 0 aliphatic heterocycles. The van der Waals surface area contributed by atoms with E-state index in [0.29, 0.717) is 46.7 Å². The highest BCUT2D eigenvalue weighted by atomic mass is 32.2. The van der Waals surface area contributed by atoms with Crippen LogP contribution in [0.5, 0.6) is 11.5 Å². The number of carbonyl (C=O) groups excluding carboxylic acids is 1. The third kappa shape index (κ3) is 5.64. The Hall–Kier alpha value is -2.94. The van der Waals surface area contributed by atoms with E-state index in [0.717, 1.165) is 17.7 Å². The molecule has 3 rings (SSSR count). The first kappa shape index (κ1) is 23.7. The minimum Gasteiger partial charge on any atom is -0.493 e. The first-order chi connectivity index (χ1) is 15.3. The molecule has 172 valence electrons. The molecule has 0 radical (unpaired) electrons. The molecule has 0 bridgehead atoms. The number of rotatable bonds is 10. The SMILES string of the molecule is COc1ccc(CNC(=O)CSc2nc3cc(C)[nH]c3c(=O)n2CCC(C)C)cc1OC. The highest BCUT2D eigenvalue weighted by Crippen LogP contribution is 2.27. The molecule has 0 aliphatic rings. The summed E-state index contributed by atoms with van der Waals surface area (Å²) in [5.41, 5.74) is 2.82. The summed E-state index contributed by atoms with van der Waals surface area (Å²) < 4.78 is 12.2. The van der Waals surface area contributed by atoms with Crippen LogP contribution in [0, 0.1) is 12.8 Å². The molecule has 0 spiro atoms. The van der Waals surface area contributed by atoms with Gasteiger partial charge in [-0.25, -0.2) is 4.98 Å². The number of methoxy groups -OCH3 is 2. The summed E-state index contributed by atoms with van der Waals surface area (Å²) in [5, 5.41) is 3.46. The molecule has 9 heteroatoms. The topological polar surface area (TPSA) is 98.2 Å². The number of nitrogens with zero attached hydrogens (tertiary/aromatic N) is 2. The predicted octanol–water partition coefficient (Wildman–Crippen LogP) is 3.50. The summed E-state index contributed by atoms with van der Waals surface area (Å²) in [4.78, 5) is 33.2. The van der Waals surface area contributed by atoms with Crippen LogP contribution in [0.4, 0.5) is 0 Å². The predicted molar refractivity (Wildman–Crippen MR) is 127 cm³/mol. The summed E-state index contributed by atoms with van der Waals surface area (Å²) in [6.45, 7) is 7.05. The van der Waals surface area contributed by atoms with Gasteiger partial charge in [0, 0.05) is 18.8 Å². The minimum absolute atomic E-state index is 0.100. The van der Waals surface area contributed by atoms with E-state index in [1.165, 1.54) is 11.8 Å². The number of aromatic nitrogens is 3. The number of aryl methyl sites for hydroxylation is 1. The van der Waals surface area contributed by atoms with Crippen LogP contribution in [0.3, 0.4) is 0 Å². The lowest BCUT2D eigenvalue weighted by molar-refractivity contribution is -0.118. The van der Waals surface area contributed by atoms with Crippen LogP contribution in [0.2, 0.25) is 0 Å². The molecular weight excluding hydrogens is 428 g/mol. The molecule has 0 unspecified atom stereocenters. The number of benzene rings is 1. The third-order valence-electron chi connectivity index (χ3n) is 5.04. The van der Waals surface area contributed by atoms with E-state index in [9.17, 15) is 9.59 Å². The monoisotopic (exact) mass is 458 g/mol. The second-order valence-corrected chi connectivity index (χ2v) is 8.94. The lowest BCUT2D eigenvalue weighted by Gasteiger charge is -2.13. The van der Waals surface area contributed by atoms with Gasteiger partial charge in [0.05, 0.1) is 25.5 Å². The minimum atomic E-state index is -0.139. The fourth-order valence-electron chi connectivity index (χ4n) is 3.28. The highest BCUT2D eigenvalue weighted by molar-refractivity contribution is 7.99. The summed E-state index contributed by atoms with van der Waals surface area (Å²) in [7, 11) is 3.16. The maximum absolute atomic E-state index is 13.0. The van der Waals surface area contributed by atoms with Gasteiger partial charge in [-0.1, -0.05) is 31.7 Å². The molecule has 32 heavy (non-hydrogen) atoms. The van der Waals surface area contributed by atoms with Gasteiger partial charge in [0.1, 0.15) is 5.52 Å². The average molecular weight is 459 g/mol. The standard InChI is InChI=1S/C23H30N4O4S/c1-14(2)8-9-27-22(29)21-17(10-15(3)25-21)26-23(27)32-13-20(28)24-12-16-6-7-18(30-4)19(11-16)31-5/h6-7,10-11,14,25H,8-9,12-13H2,1-5H3,(H,24,28). The quantitative estimate of drug-likeness (QED) is 0.356. The zero-order chi connectivity index (χ0) is 23.3. The molecule has 1 amide bonds. The summed E-state index contributed by atoms with van der Waals surface area (Å²) in [6, 6.07) is 7.37. The van der Waals surface area contributed by atoms with Gasteiger partial charge in [-0.2, -0.15) is 0 Å². The Bertz CT molecular complexity index is 1150. The van der Waals surface area contributed by atoms with Gasteiger partial charge in [0.15, 0.2) is 16.7 Å². The van der Waals surface area contributed by atoms with E-state index in [1.54, 1.807) is 24.9 Å². The number of hydrogen-bond donors (Lipinski definition) is 2. The van der Waals surface area contributed by atoms with Gasteiger partial charge in [-0.15, -0.1) is 0 Å². The molecule has 0 aliphatic carbocycles. The Morgan fingerprint density at radius 1 is 1.22 bits per heavy atom. The van der Waals surface area contributed by atoms with Gasteiger partial charge in [-0.05, 0) is 43.0 Å². The largest absolute Gasteiger partial charge is 0.493 e. The molecule has 1 aromatic carbocycles. The van der Waals surface area contributed by atoms with Crippen molar-refractivity contribution in [3.8, 4) is 11.5 Å². The Morgan fingerprint density at radius 3 is 2.66 bits per heavy atom. The van der Waals surface area contributed by atoms with Gasteiger partial charge < -0.3 is 19.8 Å². The molecule has 2 heterocycles. The average Bonchev–Trinajstić information content (AvgIpc) is 3.15. The molecule has 0 saturated heterocycles. The number of carbonyl (C=O) groups is 1. The number of nitrogens with one attached hydrogen (secondary N) is 2. The Labute approximate surface area is 191 Å². The zero-order valence-electron chi connectivity index (χ0n) is 19.2. The fourth-order valence-corrected chi connectivity index (χ4v) is 4.13. The zero-order valence-corrected chi connectivity index (χ0v) is 20.0. The lowest BCUT2D eigenvalue weighted by atomic mass is 10.1. The van der Waals surface area contributed by atoms with Crippen LogP contribution >= 0.6 is 11.8 Å². The number of thioether (sulfide) groups is 1. The van der Waals surface area contributed by atoms with Crippen molar-refractivity contribution < 1.29 is 14.3 Å². The van der Waals surface area contributed by atoms with Crippen LogP contribution in [0.25, 0.3) is 11.0 Å². The summed E-state index contributed by atoms with van der Waals surface area (Å²) in [6.07, 6.45) is 0.853. The summed E-state index contributed by atoms with van der Waals surface area (Å²) >= 11 is 1.28. The number of aromatic amines is 1. The molecule has 2 aromatic heterocycles. The second-order valence-electron chi connectivity index (χ2n) is 8.00. The Balaban J connectivity index is 1.70. The van der Waals surface area contributed by atoms with E-state index in [4.69, 9.17) is 9.47 Å². The maximum atomic E-state index is 13.0. The van der Waals surface area contributed by atoms with Crippen LogP contribution in [0.1, 0.15) is 31.5 Å². The van der Waals surface area contributed by atoms with Crippen molar-refractivity contribution in [3.63, 3.8) is 0 Å². The number of hydrogen-bond acceptors (Lipinski definition) is 6. The normalized spacial score (nSPS) is 11.2. The number of fused-ring (bicyclic) bond motifs is 1. The van der Waals surface area contributed by atoms with E-state index >= 15 is 0 Å². The van der Waals surface area contributed by atoms with E-state index in [2.05, 4.69) is 29.1 Å². The van der Waals surface area contributed by atoms with Crippen molar-refractivity contribution in [2.75, 3.05) is 20.0 Å². The smallest absolute Gasteiger partial charge is 0.278 e. The number of amides is 1.